The van der Waals surface area contributed by atoms with E-state index < -0.39 is 0 Å². The van der Waals surface area contributed by atoms with Gasteiger partial charge in [-0.1, -0.05) is 18.6 Å². The number of aromatic nitrogens is 2. The van der Waals surface area contributed by atoms with Crippen LogP contribution in [0.15, 0.2) is 24.4 Å². The molecule has 0 bridgehead atoms. The second kappa shape index (κ2) is 7.59. The summed E-state index contributed by atoms with van der Waals surface area (Å²) >= 11 is 0. The number of benzene rings is 1. The average Bonchev–Trinajstić information content (AvgIpc) is 2.98. The van der Waals surface area contributed by atoms with Crippen LogP contribution in [0.25, 0.3) is 10.9 Å². The van der Waals surface area contributed by atoms with Crippen molar-refractivity contribution in [3.8, 4) is 0 Å². The summed E-state index contributed by atoms with van der Waals surface area (Å²) in [6.45, 7) is 6.78. The SMILES string of the molecule is Cc1cccc2c1cnn2CCC(=O)NCCN1CCCCC1. The minimum absolute atomic E-state index is 0.110. The van der Waals surface area contributed by atoms with Crippen molar-refractivity contribution in [2.24, 2.45) is 0 Å². The molecule has 2 heterocycles. The van der Waals surface area contributed by atoms with Crippen LogP contribution in [-0.4, -0.2) is 46.8 Å². The molecule has 1 saturated heterocycles. The number of nitrogens with one attached hydrogen (secondary N) is 1. The van der Waals surface area contributed by atoms with Crippen LogP contribution in [0.2, 0.25) is 0 Å². The Hall–Kier alpha value is -1.88. The summed E-state index contributed by atoms with van der Waals surface area (Å²) in [5, 5.41) is 8.61. The molecule has 1 amide bonds. The molecule has 1 fully saturated rings. The van der Waals surface area contributed by atoms with Crippen molar-refractivity contribution in [3.63, 3.8) is 0 Å². The monoisotopic (exact) mass is 314 g/mol. The molecule has 1 aromatic heterocycles. The van der Waals surface area contributed by atoms with Crippen LogP contribution in [0.3, 0.4) is 0 Å². The lowest BCUT2D eigenvalue weighted by molar-refractivity contribution is -0.121. The van der Waals surface area contributed by atoms with Gasteiger partial charge in [0.25, 0.3) is 0 Å². The van der Waals surface area contributed by atoms with E-state index in [0.29, 0.717) is 13.0 Å². The van der Waals surface area contributed by atoms with Crippen molar-refractivity contribution >= 4 is 16.8 Å². The first-order valence-electron chi connectivity index (χ1n) is 8.64. The normalized spacial score (nSPS) is 15.9. The number of aryl methyl sites for hydroxylation is 2. The van der Waals surface area contributed by atoms with Gasteiger partial charge in [-0.05, 0) is 44.5 Å². The van der Waals surface area contributed by atoms with Gasteiger partial charge in [-0.15, -0.1) is 0 Å². The number of carbonyl (C=O) groups is 1. The van der Waals surface area contributed by atoms with E-state index in [1.165, 1.54) is 37.9 Å². The van der Waals surface area contributed by atoms with Crippen LogP contribution in [0, 0.1) is 6.92 Å². The lowest BCUT2D eigenvalue weighted by Crippen LogP contribution is -2.37. The summed E-state index contributed by atoms with van der Waals surface area (Å²) in [7, 11) is 0. The fourth-order valence-corrected chi connectivity index (χ4v) is 3.26. The van der Waals surface area contributed by atoms with Gasteiger partial charge in [-0.3, -0.25) is 9.48 Å². The number of carbonyl (C=O) groups excluding carboxylic acids is 1. The summed E-state index contributed by atoms with van der Waals surface area (Å²) in [6, 6.07) is 6.18. The zero-order valence-electron chi connectivity index (χ0n) is 13.9. The molecule has 5 nitrogen and oxygen atoms in total. The molecule has 1 aliphatic heterocycles. The van der Waals surface area contributed by atoms with E-state index in [2.05, 4.69) is 34.4 Å². The van der Waals surface area contributed by atoms with Gasteiger partial charge in [0.2, 0.25) is 5.91 Å². The Morgan fingerprint density at radius 2 is 2.04 bits per heavy atom. The number of hydrogen-bond donors (Lipinski definition) is 1. The Kier molecular flexibility index (Phi) is 5.28. The maximum Gasteiger partial charge on any atom is 0.221 e. The second-order valence-electron chi connectivity index (χ2n) is 6.38. The van der Waals surface area contributed by atoms with Crippen molar-refractivity contribution in [1.29, 1.82) is 0 Å². The van der Waals surface area contributed by atoms with Gasteiger partial charge < -0.3 is 10.2 Å². The minimum Gasteiger partial charge on any atom is -0.355 e. The largest absolute Gasteiger partial charge is 0.355 e. The lowest BCUT2D eigenvalue weighted by atomic mass is 10.1. The summed E-state index contributed by atoms with van der Waals surface area (Å²) in [4.78, 5) is 14.5. The third kappa shape index (κ3) is 4.10. The fourth-order valence-electron chi connectivity index (χ4n) is 3.26. The number of amides is 1. The van der Waals surface area contributed by atoms with Crippen LogP contribution >= 0.6 is 0 Å². The molecule has 23 heavy (non-hydrogen) atoms. The summed E-state index contributed by atoms with van der Waals surface area (Å²) in [6.07, 6.45) is 6.29. The predicted molar refractivity (Wildman–Crippen MR) is 92.4 cm³/mol. The van der Waals surface area contributed by atoms with Crippen LogP contribution in [-0.2, 0) is 11.3 Å². The maximum atomic E-state index is 12.0. The third-order valence-electron chi connectivity index (χ3n) is 4.65. The summed E-state index contributed by atoms with van der Waals surface area (Å²) < 4.78 is 1.92. The number of likely N-dealkylation sites (tertiary alicyclic amines) is 1. The molecule has 124 valence electrons. The van der Waals surface area contributed by atoms with Crippen LogP contribution < -0.4 is 5.32 Å². The molecule has 0 unspecified atom stereocenters. The van der Waals surface area contributed by atoms with Crippen molar-refractivity contribution in [3.05, 3.63) is 30.0 Å². The van der Waals surface area contributed by atoms with Gasteiger partial charge in [-0.2, -0.15) is 5.10 Å². The van der Waals surface area contributed by atoms with Crippen LogP contribution in [0.5, 0.6) is 0 Å². The number of piperidine rings is 1. The molecule has 1 aliphatic rings. The number of rotatable bonds is 6. The number of fused-ring (bicyclic) bond motifs is 1. The average molecular weight is 314 g/mol. The summed E-state index contributed by atoms with van der Waals surface area (Å²) in [5.74, 6) is 0.110. The Balaban J connectivity index is 1.44. The highest BCUT2D eigenvalue weighted by atomic mass is 16.1. The Morgan fingerprint density at radius 1 is 1.22 bits per heavy atom. The van der Waals surface area contributed by atoms with Gasteiger partial charge in [0.05, 0.1) is 18.3 Å². The maximum absolute atomic E-state index is 12.0. The van der Waals surface area contributed by atoms with Crippen molar-refractivity contribution in [1.82, 2.24) is 20.0 Å². The minimum atomic E-state index is 0.110. The molecule has 1 N–H and O–H groups in total. The zero-order chi connectivity index (χ0) is 16.1. The first kappa shape index (κ1) is 16.0. The van der Waals surface area contributed by atoms with Gasteiger partial charge >= 0.3 is 0 Å². The lowest BCUT2D eigenvalue weighted by Gasteiger charge is -2.26. The first-order chi connectivity index (χ1) is 11.2. The smallest absolute Gasteiger partial charge is 0.221 e. The van der Waals surface area contributed by atoms with E-state index in [1.54, 1.807) is 0 Å². The molecule has 0 spiro atoms. The zero-order valence-corrected chi connectivity index (χ0v) is 13.9. The molecule has 2 aromatic rings. The molecule has 5 heteroatoms. The van der Waals surface area contributed by atoms with Crippen molar-refractivity contribution in [2.75, 3.05) is 26.2 Å². The van der Waals surface area contributed by atoms with Crippen LogP contribution in [0.4, 0.5) is 0 Å². The van der Waals surface area contributed by atoms with Gasteiger partial charge in [-0.25, -0.2) is 0 Å². The van der Waals surface area contributed by atoms with Crippen LogP contribution in [0.1, 0.15) is 31.2 Å². The fraction of sp³-hybridized carbons (Fsp3) is 0.556. The van der Waals surface area contributed by atoms with E-state index in [1.807, 2.05) is 16.9 Å². The van der Waals surface area contributed by atoms with E-state index in [4.69, 9.17) is 0 Å². The third-order valence-corrected chi connectivity index (χ3v) is 4.65. The van der Waals surface area contributed by atoms with Gasteiger partial charge in [0.1, 0.15) is 0 Å². The number of hydrogen-bond acceptors (Lipinski definition) is 3. The topological polar surface area (TPSA) is 50.2 Å². The van der Waals surface area contributed by atoms with Crippen molar-refractivity contribution < 1.29 is 4.79 Å². The van der Waals surface area contributed by atoms with E-state index in [0.717, 1.165) is 24.0 Å². The van der Waals surface area contributed by atoms with Crippen molar-refractivity contribution in [2.45, 2.75) is 39.2 Å². The Labute approximate surface area is 137 Å². The predicted octanol–water partition coefficient (Wildman–Crippen LogP) is 2.34. The van der Waals surface area contributed by atoms with Gasteiger partial charge in [0.15, 0.2) is 0 Å². The first-order valence-corrected chi connectivity index (χ1v) is 8.64. The van der Waals surface area contributed by atoms with E-state index in [9.17, 15) is 4.79 Å². The van der Waals surface area contributed by atoms with Gasteiger partial charge in [0, 0.05) is 24.9 Å². The molecule has 3 rings (SSSR count). The van der Waals surface area contributed by atoms with E-state index in [-0.39, 0.29) is 5.91 Å². The Bertz CT molecular complexity index is 658. The quantitative estimate of drug-likeness (QED) is 0.890. The highest BCUT2D eigenvalue weighted by Gasteiger charge is 2.10. The number of nitrogens with zero attached hydrogens (tertiary/aromatic N) is 3. The standard InChI is InChI=1S/C18H26N4O/c1-15-6-5-7-17-16(15)14-20-22(17)12-8-18(23)19-9-13-21-10-3-2-4-11-21/h5-7,14H,2-4,8-13H2,1H3,(H,19,23). The molecular formula is C18H26N4O. The highest BCUT2D eigenvalue weighted by molar-refractivity contribution is 5.82. The molecule has 0 saturated carbocycles. The molecule has 0 radical (unpaired) electrons. The molecule has 0 aliphatic carbocycles. The molecule has 1 aromatic carbocycles. The summed E-state index contributed by atoms with van der Waals surface area (Å²) in [5.41, 5.74) is 2.32. The Morgan fingerprint density at radius 3 is 2.87 bits per heavy atom. The molecular weight excluding hydrogens is 288 g/mol. The molecule has 0 atom stereocenters. The van der Waals surface area contributed by atoms with E-state index >= 15 is 0 Å². The second-order valence-corrected chi connectivity index (χ2v) is 6.38. The highest BCUT2D eigenvalue weighted by Crippen LogP contribution is 2.17.